The molecule has 1 rings (SSSR count). The van der Waals surface area contributed by atoms with Crippen LogP contribution in [0, 0.1) is 0 Å². The lowest BCUT2D eigenvalue weighted by Crippen LogP contribution is -2.40. The maximum Gasteiger partial charge on any atom is 0.573 e. The molecule has 0 aliphatic carbocycles. The van der Waals surface area contributed by atoms with Gasteiger partial charge in [0, 0.05) is 11.4 Å². The molecule has 20 heavy (non-hydrogen) atoms. The molecule has 1 N–H and O–H groups in total. The summed E-state index contributed by atoms with van der Waals surface area (Å²) in [5, 5.41) is 0. The van der Waals surface area contributed by atoms with Gasteiger partial charge in [0.2, 0.25) is 0 Å². The first-order chi connectivity index (χ1) is 8.99. The lowest BCUT2D eigenvalue weighted by atomic mass is 10.1. The van der Waals surface area contributed by atoms with E-state index in [0.29, 0.717) is 5.56 Å². The lowest BCUT2D eigenvalue weighted by molar-refractivity contribution is -0.274. The Hall–Kier alpha value is -0.920. The van der Waals surface area contributed by atoms with E-state index in [1.165, 1.54) is 18.2 Å². The van der Waals surface area contributed by atoms with Crippen molar-refractivity contribution >= 4 is 11.4 Å². The molecule has 0 saturated heterocycles. The van der Waals surface area contributed by atoms with Crippen LogP contribution in [0.2, 0.25) is 0 Å². The molecule has 3 nitrogen and oxygen atoms in total. The van der Waals surface area contributed by atoms with Crippen LogP contribution in [0.3, 0.4) is 0 Å². The largest absolute Gasteiger partial charge is 0.598 e. The van der Waals surface area contributed by atoms with Gasteiger partial charge in [-0.2, -0.15) is 0 Å². The fourth-order valence-electron chi connectivity index (χ4n) is 1.39. The topological polar surface area (TPSA) is 44.3 Å². The van der Waals surface area contributed by atoms with Crippen LogP contribution < -0.4 is 9.46 Å². The highest BCUT2D eigenvalue weighted by Gasteiger charge is 2.32. The molecule has 0 unspecified atom stereocenters. The van der Waals surface area contributed by atoms with Crippen LogP contribution in [0.25, 0.3) is 0 Å². The molecule has 0 amide bonds. The summed E-state index contributed by atoms with van der Waals surface area (Å²) in [7, 11) is 0. The van der Waals surface area contributed by atoms with Crippen LogP contribution >= 0.6 is 0 Å². The highest BCUT2D eigenvalue weighted by molar-refractivity contribution is 7.90. The van der Waals surface area contributed by atoms with Gasteiger partial charge in [-0.25, -0.2) is 0 Å². The first-order valence-corrected chi connectivity index (χ1v) is 7.18. The maximum absolute atomic E-state index is 12.2. The van der Waals surface area contributed by atoms with Crippen molar-refractivity contribution in [2.45, 2.75) is 44.8 Å². The lowest BCUT2D eigenvalue weighted by Gasteiger charge is -2.26. The number of hydrogen-bond acceptors (Lipinski definition) is 3. The summed E-state index contributed by atoms with van der Waals surface area (Å²) in [6.07, 6.45) is -4.72. The monoisotopic (exact) mass is 309 g/mol. The standard InChI is InChI=1S/C13H18F3NO2S/c1-9(17-20(18)12(2,3)4)10-6-5-7-11(8-10)19-13(14,15)16/h5-9,17H,1-4H3/t9-,20+/m1/s1. The van der Waals surface area contributed by atoms with Crippen LogP contribution in [0.5, 0.6) is 5.75 Å². The molecule has 0 aliphatic rings. The Morgan fingerprint density at radius 2 is 1.85 bits per heavy atom. The van der Waals surface area contributed by atoms with Gasteiger partial charge < -0.3 is 9.29 Å². The Kier molecular flexibility index (Phi) is 5.34. The summed E-state index contributed by atoms with van der Waals surface area (Å²) < 4.78 is 54.7. The molecule has 7 heteroatoms. The van der Waals surface area contributed by atoms with Gasteiger partial charge in [-0.15, -0.1) is 17.9 Å². The molecular weight excluding hydrogens is 291 g/mol. The SMILES string of the molecule is C[C@@H](N[S@@+]([O-])C(C)(C)C)c1cccc(OC(F)(F)F)c1. The van der Waals surface area contributed by atoms with Crippen molar-refractivity contribution in [2.75, 3.05) is 0 Å². The van der Waals surface area contributed by atoms with E-state index in [0.717, 1.165) is 0 Å². The normalized spacial score (nSPS) is 15.8. The third-order valence-electron chi connectivity index (χ3n) is 2.43. The first-order valence-electron chi connectivity index (χ1n) is 6.03. The van der Waals surface area contributed by atoms with Crippen molar-refractivity contribution in [3.05, 3.63) is 29.8 Å². The molecular formula is C13H18F3NO2S. The molecule has 2 atom stereocenters. The molecule has 0 fully saturated rings. The quantitative estimate of drug-likeness (QED) is 0.863. The van der Waals surface area contributed by atoms with Crippen molar-refractivity contribution < 1.29 is 22.5 Å². The van der Waals surface area contributed by atoms with Gasteiger partial charge in [0.1, 0.15) is 10.5 Å². The van der Waals surface area contributed by atoms with Crippen LogP contribution in [0.1, 0.15) is 39.3 Å². The van der Waals surface area contributed by atoms with E-state index in [4.69, 9.17) is 0 Å². The van der Waals surface area contributed by atoms with Gasteiger partial charge in [-0.1, -0.05) is 12.1 Å². The smallest absolute Gasteiger partial charge is 0.573 e. The molecule has 0 radical (unpaired) electrons. The second-order valence-corrected chi connectivity index (χ2v) is 7.34. The number of halogens is 3. The molecule has 0 spiro atoms. The second-order valence-electron chi connectivity index (χ2n) is 5.34. The number of ether oxygens (including phenoxy) is 1. The predicted molar refractivity (Wildman–Crippen MR) is 72.6 cm³/mol. The Labute approximate surface area is 119 Å². The Morgan fingerprint density at radius 1 is 1.25 bits per heavy atom. The van der Waals surface area contributed by atoms with E-state index in [9.17, 15) is 17.7 Å². The summed E-state index contributed by atoms with van der Waals surface area (Å²) in [6.45, 7) is 7.17. The number of hydrogen-bond donors (Lipinski definition) is 1. The first kappa shape index (κ1) is 17.1. The zero-order chi connectivity index (χ0) is 15.6. The predicted octanol–water partition coefficient (Wildman–Crippen LogP) is 3.70. The molecule has 0 saturated carbocycles. The highest BCUT2D eigenvalue weighted by Crippen LogP contribution is 2.26. The van der Waals surface area contributed by atoms with Crippen molar-refractivity contribution in [1.29, 1.82) is 0 Å². The Balaban J connectivity index is 2.79. The highest BCUT2D eigenvalue weighted by atomic mass is 32.2. The fourth-order valence-corrected chi connectivity index (χ4v) is 2.20. The fraction of sp³-hybridized carbons (Fsp3) is 0.538. The van der Waals surface area contributed by atoms with E-state index in [2.05, 4.69) is 9.46 Å². The summed E-state index contributed by atoms with van der Waals surface area (Å²) in [5.74, 6) is -0.287. The number of nitrogens with one attached hydrogen (secondary N) is 1. The summed E-state index contributed by atoms with van der Waals surface area (Å²) in [5.41, 5.74) is 0.573. The van der Waals surface area contributed by atoms with E-state index in [-0.39, 0.29) is 11.8 Å². The zero-order valence-corrected chi connectivity index (χ0v) is 12.6. The molecule has 0 aromatic heterocycles. The van der Waals surface area contributed by atoms with E-state index in [1.54, 1.807) is 13.0 Å². The van der Waals surface area contributed by atoms with E-state index in [1.807, 2.05) is 20.8 Å². The Morgan fingerprint density at radius 3 is 2.35 bits per heavy atom. The summed E-state index contributed by atoms with van der Waals surface area (Å²) in [6, 6.07) is 5.27. The van der Waals surface area contributed by atoms with E-state index < -0.39 is 22.5 Å². The third kappa shape index (κ3) is 5.60. The molecule has 0 bridgehead atoms. The minimum atomic E-state index is -4.72. The average Bonchev–Trinajstić information content (AvgIpc) is 2.25. The third-order valence-corrected chi connectivity index (χ3v) is 4.11. The summed E-state index contributed by atoms with van der Waals surface area (Å²) >= 11 is -1.31. The maximum atomic E-state index is 12.2. The van der Waals surface area contributed by atoms with Crippen molar-refractivity contribution in [3.63, 3.8) is 0 Å². The summed E-state index contributed by atoms with van der Waals surface area (Å²) in [4.78, 5) is 0. The molecule has 0 aliphatic heterocycles. The van der Waals surface area contributed by atoms with Gasteiger partial charge in [-0.3, -0.25) is 0 Å². The zero-order valence-electron chi connectivity index (χ0n) is 11.7. The van der Waals surface area contributed by atoms with Gasteiger partial charge >= 0.3 is 6.36 Å². The van der Waals surface area contributed by atoms with Gasteiger partial charge in [0.05, 0.1) is 6.04 Å². The Bertz CT molecular complexity index is 446. The van der Waals surface area contributed by atoms with E-state index >= 15 is 0 Å². The van der Waals surface area contributed by atoms with Gasteiger partial charge in [-0.05, 0) is 45.4 Å². The number of benzene rings is 1. The molecule has 114 valence electrons. The van der Waals surface area contributed by atoms with Gasteiger partial charge in [0.15, 0.2) is 0 Å². The molecule has 0 heterocycles. The minimum absolute atomic E-state index is 0.287. The van der Waals surface area contributed by atoms with Crippen molar-refractivity contribution in [2.24, 2.45) is 0 Å². The van der Waals surface area contributed by atoms with Crippen molar-refractivity contribution in [3.8, 4) is 5.75 Å². The van der Waals surface area contributed by atoms with Crippen LogP contribution in [0.4, 0.5) is 13.2 Å². The van der Waals surface area contributed by atoms with Crippen LogP contribution in [-0.2, 0) is 11.4 Å². The minimum Gasteiger partial charge on any atom is -0.598 e. The van der Waals surface area contributed by atoms with Crippen molar-refractivity contribution in [1.82, 2.24) is 4.72 Å². The molecule has 1 aromatic carbocycles. The van der Waals surface area contributed by atoms with Crippen LogP contribution in [-0.4, -0.2) is 15.7 Å². The number of alkyl halides is 3. The average molecular weight is 309 g/mol. The van der Waals surface area contributed by atoms with Gasteiger partial charge in [0.25, 0.3) is 0 Å². The molecule has 1 aromatic rings. The second kappa shape index (κ2) is 6.24. The van der Waals surface area contributed by atoms with Crippen LogP contribution in [0.15, 0.2) is 24.3 Å². The number of rotatable bonds is 4.